The van der Waals surface area contributed by atoms with Crippen LogP contribution in [0.2, 0.25) is 0 Å². The first-order valence-electron chi connectivity index (χ1n) is 7.64. The minimum Gasteiger partial charge on any atom is -0.468 e. The molecule has 22 heavy (non-hydrogen) atoms. The van der Waals surface area contributed by atoms with Crippen molar-refractivity contribution in [1.82, 2.24) is 0 Å². The van der Waals surface area contributed by atoms with Gasteiger partial charge in [0.1, 0.15) is 0 Å². The number of hydrogen-bond acceptors (Lipinski definition) is 6. The largest absolute Gasteiger partial charge is 0.468 e. The topological polar surface area (TPSA) is 74.2 Å². The normalized spacial score (nSPS) is 43.9. The molecule has 3 aliphatic carbocycles. The van der Waals surface area contributed by atoms with Gasteiger partial charge < -0.3 is 14.3 Å². The Balaban J connectivity index is 1.73. The van der Waals surface area contributed by atoms with Crippen LogP contribution in [0.4, 0.5) is 0 Å². The molecule has 1 aliphatic heterocycles. The highest BCUT2D eigenvalue weighted by Gasteiger charge is 2.74. The van der Waals surface area contributed by atoms with Crippen LogP contribution >= 0.6 is 0 Å². The standard InChI is InChI=1S/C16H19NO5/c1-7-16(15(19)21-3)12-6-11(13(16)22-17-7)9-4-8(5-10(9)12)14(18)20-2/h4,9-13H,5-6H2,1-3H3/t9-,10+,11+,12-,13+,16+/m1/s1. The van der Waals surface area contributed by atoms with Gasteiger partial charge in [-0.2, -0.15) is 0 Å². The number of esters is 2. The number of nitrogens with zero attached hydrogens (tertiary/aromatic N) is 1. The molecule has 118 valence electrons. The Hall–Kier alpha value is -1.85. The molecule has 0 spiro atoms. The third-order valence-electron chi connectivity index (χ3n) is 6.18. The Morgan fingerprint density at radius 2 is 2.09 bits per heavy atom. The van der Waals surface area contributed by atoms with Gasteiger partial charge in [0.2, 0.25) is 0 Å². The predicted molar refractivity (Wildman–Crippen MR) is 75.7 cm³/mol. The lowest BCUT2D eigenvalue weighted by atomic mass is 9.62. The van der Waals surface area contributed by atoms with Gasteiger partial charge in [0, 0.05) is 11.5 Å². The van der Waals surface area contributed by atoms with Crippen molar-refractivity contribution in [3.05, 3.63) is 11.6 Å². The first-order valence-corrected chi connectivity index (χ1v) is 7.64. The van der Waals surface area contributed by atoms with Crippen molar-refractivity contribution < 1.29 is 23.9 Å². The van der Waals surface area contributed by atoms with Gasteiger partial charge >= 0.3 is 11.9 Å². The second-order valence-electron chi connectivity index (χ2n) is 6.70. The number of hydrogen-bond donors (Lipinski definition) is 0. The van der Waals surface area contributed by atoms with E-state index in [1.54, 1.807) is 0 Å². The van der Waals surface area contributed by atoms with Gasteiger partial charge in [0.05, 0.1) is 19.9 Å². The van der Waals surface area contributed by atoms with Crippen molar-refractivity contribution in [3.63, 3.8) is 0 Å². The molecule has 4 aliphatic rings. The van der Waals surface area contributed by atoms with Gasteiger partial charge in [-0.3, -0.25) is 4.79 Å². The van der Waals surface area contributed by atoms with E-state index >= 15 is 0 Å². The van der Waals surface area contributed by atoms with Crippen molar-refractivity contribution in [2.45, 2.75) is 25.9 Å². The van der Waals surface area contributed by atoms with Crippen molar-refractivity contribution in [3.8, 4) is 0 Å². The van der Waals surface area contributed by atoms with Gasteiger partial charge in [-0.05, 0) is 37.5 Å². The van der Waals surface area contributed by atoms with Crippen LogP contribution in [0, 0.1) is 29.1 Å². The third kappa shape index (κ3) is 1.34. The van der Waals surface area contributed by atoms with Gasteiger partial charge in [-0.25, -0.2) is 4.79 Å². The van der Waals surface area contributed by atoms with E-state index < -0.39 is 5.41 Å². The van der Waals surface area contributed by atoms with E-state index in [0.29, 0.717) is 12.1 Å². The lowest BCUT2D eigenvalue weighted by Crippen LogP contribution is -2.53. The second-order valence-corrected chi connectivity index (χ2v) is 6.70. The fourth-order valence-corrected chi connectivity index (χ4v) is 5.40. The number of carbonyl (C=O) groups excluding carboxylic acids is 2. The number of ether oxygens (including phenoxy) is 2. The molecule has 6 heteroatoms. The zero-order valence-electron chi connectivity index (χ0n) is 12.9. The van der Waals surface area contributed by atoms with E-state index in [9.17, 15) is 9.59 Å². The maximum atomic E-state index is 12.6. The Morgan fingerprint density at radius 3 is 2.77 bits per heavy atom. The van der Waals surface area contributed by atoms with Crippen LogP contribution in [0.25, 0.3) is 0 Å². The molecule has 0 amide bonds. The summed E-state index contributed by atoms with van der Waals surface area (Å²) in [6.45, 7) is 1.84. The predicted octanol–water partition coefficient (Wildman–Crippen LogP) is 1.31. The maximum absolute atomic E-state index is 12.6. The van der Waals surface area contributed by atoms with E-state index in [4.69, 9.17) is 14.3 Å². The molecule has 6 nitrogen and oxygen atoms in total. The first-order chi connectivity index (χ1) is 10.6. The summed E-state index contributed by atoms with van der Waals surface area (Å²) in [6.07, 6.45) is 3.35. The zero-order chi connectivity index (χ0) is 15.6. The maximum Gasteiger partial charge on any atom is 0.333 e. The van der Waals surface area contributed by atoms with E-state index in [1.807, 2.05) is 13.0 Å². The molecule has 0 aromatic carbocycles. The minimum atomic E-state index is -0.764. The highest BCUT2D eigenvalue weighted by atomic mass is 16.7. The fourth-order valence-electron chi connectivity index (χ4n) is 5.40. The molecular weight excluding hydrogens is 286 g/mol. The van der Waals surface area contributed by atoms with Gasteiger partial charge in [0.25, 0.3) is 0 Å². The first kappa shape index (κ1) is 13.8. The third-order valence-corrected chi connectivity index (χ3v) is 6.18. The van der Waals surface area contributed by atoms with E-state index in [1.165, 1.54) is 14.2 Å². The molecule has 0 unspecified atom stereocenters. The molecule has 0 saturated heterocycles. The molecular formula is C16H19NO5. The van der Waals surface area contributed by atoms with Crippen molar-refractivity contribution >= 4 is 17.7 Å². The van der Waals surface area contributed by atoms with E-state index in [0.717, 1.165) is 12.0 Å². The Bertz CT molecular complexity index is 624. The lowest BCUT2D eigenvalue weighted by Gasteiger charge is -2.40. The number of carbonyl (C=O) groups is 2. The molecule has 0 radical (unpaired) electrons. The zero-order valence-corrected chi connectivity index (χ0v) is 12.9. The van der Waals surface area contributed by atoms with E-state index in [-0.39, 0.29) is 41.7 Å². The van der Waals surface area contributed by atoms with Crippen molar-refractivity contribution in [2.24, 2.45) is 34.2 Å². The van der Waals surface area contributed by atoms with Crippen LogP contribution in [0.15, 0.2) is 16.8 Å². The highest BCUT2D eigenvalue weighted by Crippen LogP contribution is 2.68. The summed E-state index contributed by atoms with van der Waals surface area (Å²) in [5.74, 6) is 0.331. The number of methoxy groups -OCH3 is 2. The molecule has 0 aromatic heterocycles. The van der Waals surface area contributed by atoms with Crippen LogP contribution in [-0.2, 0) is 23.9 Å². The SMILES string of the molecule is COC(=O)C1=C[C@@H]2[C@H](C1)[C@H]1C[C@@H]2[C@@H]2ON=C(C)[C@]12C(=O)OC. The Morgan fingerprint density at radius 1 is 1.32 bits per heavy atom. The smallest absolute Gasteiger partial charge is 0.333 e. The summed E-state index contributed by atoms with van der Waals surface area (Å²) in [5, 5.41) is 4.10. The van der Waals surface area contributed by atoms with Gasteiger partial charge in [0.15, 0.2) is 11.5 Å². The summed E-state index contributed by atoms with van der Waals surface area (Å²) in [5.41, 5.74) is 0.670. The number of allylic oxidation sites excluding steroid dienone is 1. The monoisotopic (exact) mass is 305 g/mol. The van der Waals surface area contributed by atoms with Crippen LogP contribution in [-0.4, -0.2) is 38.0 Å². The van der Waals surface area contributed by atoms with E-state index in [2.05, 4.69) is 5.16 Å². The average Bonchev–Trinajstić information content (AvgIpc) is 3.23. The number of rotatable bonds is 2. The summed E-state index contributed by atoms with van der Waals surface area (Å²) in [6, 6.07) is 0. The summed E-state index contributed by atoms with van der Waals surface area (Å²) < 4.78 is 9.94. The molecule has 0 aromatic rings. The van der Waals surface area contributed by atoms with Crippen LogP contribution < -0.4 is 0 Å². The van der Waals surface area contributed by atoms with Crippen molar-refractivity contribution in [2.75, 3.05) is 14.2 Å². The minimum absolute atomic E-state index is 0.115. The van der Waals surface area contributed by atoms with Gasteiger partial charge in [-0.1, -0.05) is 11.2 Å². The molecule has 4 rings (SSSR count). The molecule has 6 atom stereocenters. The quantitative estimate of drug-likeness (QED) is 0.719. The summed E-state index contributed by atoms with van der Waals surface area (Å²) in [4.78, 5) is 30.0. The van der Waals surface area contributed by atoms with Gasteiger partial charge in [-0.15, -0.1) is 0 Å². The van der Waals surface area contributed by atoms with Crippen LogP contribution in [0.5, 0.6) is 0 Å². The molecule has 1 heterocycles. The second kappa shape index (κ2) is 4.33. The average molecular weight is 305 g/mol. The summed E-state index contributed by atoms with van der Waals surface area (Å²) in [7, 11) is 2.81. The summed E-state index contributed by atoms with van der Waals surface area (Å²) >= 11 is 0. The highest BCUT2D eigenvalue weighted by molar-refractivity contribution is 6.08. The molecule has 2 saturated carbocycles. The van der Waals surface area contributed by atoms with Crippen LogP contribution in [0.1, 0.15) is 19.8 Å². The number of fused-ring (bicyclic) bond motifs is 8. The Labute approximate surface area is 128 Å². The van der Waals surface area contributed by atoms with Crippen molar-refractivity contribution in [1.29, 1.82) is 0 Å². The fraction of sp³-hybridized carbons (Fsp3) is 0.688. The lowest BCUT2D eigenvalue weighted by molar-refractivity contribution is -0.160. The van der Waals surface area contributed by atoms with Crippen LogP contribution in [0.3, 0.4) is 0 Å². The molecule has 2 bridgehead atoms. The number of oxime groups is 1. The molecule has 0 N–H and O–H groups in total. The Kier molecular flexibility index (Phi) is 2.72. The molecule has 2 fully saturated rings.